The van der Waals surface area contributed by atoms with E-state index in [1.54, 1.807) is 6.07 Å². The lowest BCUT2D eigenvalue weighted by molar-refractivity contribution is 0.0115. The van der Waals surface area contributed by atoms with Crippen LogP contribution < -0.4 is 5.32 Å². The number of benzene rings is 1. The molecule has 1 aliphatic rings. The molecule has 1 heterocycles. The first-order valence-corrected chi connectivity index (χ1v) is 6.36. The Bertz CT molecular complexity index is 387. The summed E-state index contributed by atoms with van der Waals surface area (Å²) in [6, 6.07) is 5.46. The number of aliphatic hydroxyl groups is 1. The molecule has 5 heteroatoms. The number of aliphatic hydroxyl groups excluding tert-OH is 1. The van der Waals surface area contributed by atoms with Gasteiger partial charge in [-0.1, -0.05) is 29.3 Å². The average molecular weight is 276 g/mol. The van der Waals surface area contributed by atoms with Gasteiger partial charge in [0.1, 0.15) is 0 Å². The van der Waals surface area contributed by atoms with Crippen LogP contribution in [0.25, 0.3) is 0 Å². The van der Waals surface area contributed by atoms with Crippen molar-refractivity contribution in [1.29, 1.82) is 0 Å². The summed E-state index contributed by atoms with van der Waals surface area (Å²) >= 11 is 11.9. The number of ether oxygens (including phenoxy) is 1. The van der Waals surface area contributed by atoms with E-state index in [1.165, 1.54) is 0 Å². The summed E-state index contributed by atoms with van der Waals surface area (Å²) in [4.78, 5) is 0. The molecule has 0 bridgehead atoms. The molecule has 17 heavy (non-hydrogen) atoms. The molecule has 0 spiro atoms. The van der Waals surface area contributed by atoms with E-state index in [4.69, 9.17) is 27.9 Å². The SMILES string of the molecule is OC[C@@H]1CNCCO[C@H]1c1ccc(Cl)c(Cl)c1. The van der Waals surface area contributed by atoms with Gasteiger partial charge < -0.3 is 15.2 Å². The fourth-order valence-corrected chi connectivity index (χ4v) is 2.31. The summed E-state index contributed by atoms with van der Waals surface area (Å²) in [6.45, 7) is 2.25. The van der Waals surface area contributed by atoms with Crippen LogP contribution in [0, 0.1) is 5.92 Å². The number of halogens is 2. The van der Waals surface area contributed by atoms with Crippen molar-refractivity contribution in [1.82, 2.24) is 5.32 Å². The Kier molecular flexibility index (Phi) is 4.65. The molecule has 1 saturated heterocycles. The van der Waals surface area contributed by atoms with Crippen LogP contribution in [0.4, 0.5) is 0 Å². The molecule has 3 nitrogen and oxygen atoms in total. The third-order valence-corrected chi connectivity index (χ3v) is 3.66. The predicted octanol–water partition coefficient (Wildman–Crippen LogP) is 2.26. The maximum atomic E-state index is 9.39. The lowest BCUT2D eigenvalue weighted by Gasteiger charge is -2.23. The third-order valence-electron chi connectivity index (χ3n) is 2.92. The molecule has 1 aromatic carbocycles. The van der Waals surface area contributed by atoms with E-state index >= 15 is 0 Å². The maximum absolute atomic E-state index is 9.39. The van der Waals surface area contributed by atoms with Crippen LogP contribution in [0.3, 0.4) is 0 Å². The van der Waals surface area contributed by atoms with Crippen molar-refractivity contribution in [2.45, 2.75) is 6.10 Å². The standard InChI is InChI=1S/C12H15Cl2NO2/c13-10-2-1-8(5-11(10)14)12-9(7-16)6-15-3-4-17-12/h1-2,5,9,12,15-16H,3-4,6-7H2/t9-,12-/m0/s1. The van der Waals surface area contributed by atoms with Crippen LogP contribution in [0.2, 0.25) is 10.0 Å². The molecule has 1 fully saturated rings. The van der Waals surface area contributed by atoms with Gasteiger partial charge in [-0.15, -0.1) is 0 Å². The molecule has 0 unspecified atom stereocenters. The third kappa shape index (κ3) is 3.12. The van der Waals surface area contributed by atoms with Gasteiger partial charge in [0.05, 0.1) is 22.8 Å². The van der Waals surface area contributed by atoms with Gasteiger partial charge in [-0.25, -0.2) is 0 Å². The van der Waals surface area contributed by atoms with Crippen LogP contribution in [0.1, 0.15) is 11.7 Å². The van der Waals surface area contributed by atoms with Crippen LogP contribution in [-0.2, 0) is 4.74 Å². The zero-order chi connectivity index (χ0) is 12.3. The fourth-order valence-electron chi connectivity index (χ4n) is 2.01. The van der Waals surface area contributed by atoms with Gasteiger partial charge in [-0.05, 0) is 17.7 Å². The Balaban J connectivity index is 2.25. The maximum Gasteiger partial charge on any atom is 0.0888 e. The first-order valence-electron chi connectivity index (χ1n) is 5.60. The van der Waals surface area contributed by atoms with Crippen LogP contribution in [0.15, 0.2) is 18.2 Å². The normalized spacial score (nSPS) is 25.6. The number of nitrogens with one attached hydrogen (secondary N) is 1. The Labute approximate surface area is 111 Å². The monoisotopic (exact) mass is 275 g/mol. The number of hydrogen-bond acceptors (Lipinski definition) is 3. The van der Waals surface area contributed by atoms with Gasteiger partial charge in [0.2, 0.25) is 0 Å². The minimum atomic E-state index is -0.134. The Morgan fingerprint density at radius 3 is 2.88 bits per heavy atom. The van der Waals surface area contributed by atoms with E-state index in [-0.39, 0.29) is 18.6 Å². The van der Waals surface area contributed by atoms with Crippen molar-refractivity contribution < 1.29 is 9.84 Å². The summed E-state index contributed by atoms with van der Waals surface area (Å²) in [5.74, 6) is 0.0368. The molecular formula is C12H15Cl2NO2. The molecule has 0 amide bonds. The minimum absolute atomic E-state index is 0.0368. The van der Waals surface area contributed by atoms with Gasteiger partial charge in [-0.2, -0.15) is 0 Å². The Hall–Kier alpha value is -0.320. The lowest BCUT2D eigenvalue weighted by Crippen LogP contribution is -2.27. The van der Waals surface area contributed by atoms with Gasteiger partial charge in [-0.3, -0.25) is 0 Å². The van der Waals surface area contributed by atoms with Gasteiger partial charge in [0.15, 0.2) is 0 Å². The molecular weight excluding hydrogens is 261 g/mol. The predicted molar refractivity (Wildman–Crippen MR) is 68.6 cm³/mol. The molecule has 2 N–H and O–H groups in total. The molecule has 0 aromatic heterocycles. The molecule has 0 aliphatic carbocycles. The average Bonchev–Trinajstić information content (AvgIpc) is 2.57. The molecule has 0 radical (unpaired) electrons. The molecule has 1 aromatic rings. The highest BCUT2D eigenvalue weighted by molar-refractivity contribution is 6.42. The highest BCUT2D eigenvalue weighted by Crippen LogP contribution is 2.31. The van der Waals surface area contributed by atoms with Crippen molar-refractivity contribution in [2.24, 2.45) is 5.92 Å². The van der Waals surface area contributed by atoms with E-state index in [2.05, 4.69) is 5.32 Å². The van der Waals surface area contributed by atoms with E-state index in [0.717, 1.165) is 18.7 Å². The lowest BCUT2D eigenvalue weighted by atomic mass is 9.96. The topological polar surface area (TPSA) is 41.5 Å². The van der Waals surface area contributed by atoms with Crippen molar-refractivity contribution in [3.8, 4) is 0 Å². The Morgan fingerprint density at radius 1 is 1.35 bits per heavy atom. The van der Waals surface area contributed by atoms with Crippen molar-refractivity contribution in [3.63, 3.8) is 0 Å². The highest BCUT2D eigenvalue weighted by Gasteiger charge is 2.25. The van der Waals surface area contributed by atoms with Gasteiger partial charge in [0.25, 0.3) is 0 Å². The smallest absolute Gasteiger partial charge is 0.0888 e. The van der Waals surface area contributed by atoms with E-state index in [1.807, 2.05) is 12.1 Å². The zero-order valence-electron chi connectivity index (χ0n) is 9.33. The second-order valence-electron chi connectivity index (χ2n) is 4.11. The van der Waals surface area contributed by atoms with Crippen LogP contribution in [-0.4, -0.2) is 31.4 Å². The molecule has 1 aliphatic heterocycles. The highest BCUT2D eigenvalue weighted by atomic mass is 35.5. The number of rotatable bonds is 2. The van der Waals surface area contributed by atoms with E-state index in [9.17, 15) is 5.11 Å². The van der Waals surface area contributed by atoms with Crippen molar-refractivity contribution in [2.75, 3.05) is 26.3 Å². The quantitative estimate of drug-likeness (QED) is 0.870. The van der Waals surface area contributed by atoms with Crippen LogP contribution >= 0.6 is 23.2 Å². The first kappa shape index (κ1) is 13.1. The van der Waals surface area contributed by atoms with Gasteiger partial charge >= 0.3 is 0 Å². The molecule has 94 valence electrons. The van der Waals surface area contributed by atoms with E-state index in [0.29, 0.717) is 16.7 Å². The van der Waals surface area contributed by atoms with Crippen molar-refractivity contribution >= 4 is 23.2 Å². The van der Waals surface area contributed by atoms with Crippen LogP contribution in [0.5, 0.6) is 0 Å². The second kappa shape index (κ2) is 6.03. The summed E-state index contributed by atoms with van der Waals surface area (Å²) < 4.78 is 5.76. The first-order chi connectivity index (χ1) is 8.22. The largest absolute Gasteiger partial charge is 0.396 e. The van der Waals surface area contributed by atoms with E-state index < -0.39 is 0 Å². The Morgan fingerprint density at radius 2 is 2.18 bits per heavy atom. The summed E-state index contributed by atoms with van der Waals surface area (Å²) in [7, 11) is 0. The molecule has 2 rings (SSSR count). The van der Waals surface area contributed by atoms with Gasteiger partial charge in [0, 0.05) is 25.6 Å². The summed E-state index contributed by atoms with van der Waals surface area (Å²) in [5.41, 5.74) is 0.960. The summed E-state index contributed by atoms with van der Waals surface area (Å²) in [5, 5.41) is 13.7. The molecule has 0 saturated carbocycles. The summed E-state index contributed by atoms with van der Waals surface area (Å²) in [6.07, 6.45) is -0.134. The fraction of sp³-hybridized carbons (Fsp3) is 0.500. The number of hydrogen-bond donors (Lipinski definition) is 2. The zero-order valence-corrected chi connectivity index (χ0v) is 10.8. The molecule has 2 atom stereocenters. The van der Waals surface area contributed by atoms with Crippen molar-refractivity contribution in [3.05, 3.63) is 33.8 Å². The minimum Gasteiger partial charge on any atom is -0.396 e. The second-order valence-corrected chi connectivity index (χ2v) is 4.93.